The van der Waals surface area contributed by atoms with Crippen LogP contribution in [-0.2, 0) is 0 Å². The van der Waals surface area contributed by atoms with Gasteiger partial charge in [0.1, 0.15) is 0 Å². The smallest absolute Gasteiger partial charge is 0.0437 e. The monoisotopic (exact) mass is 289 g/mol. The number of hydrogen-bond acceptors (Lipinski definition) is 3. The Labute approximate surface area is 127 Å². The van der Waals surface area contributed by atoms with E-state index >= 15 is 0 Å². The molecular formula is C17H23NOS. The summed E-state index contributed by atoms with van der Waals surface area (Å²) in [7, 11) is 1.94. The fourth-order valence-corrected chi connectivity index (χ4v) is 2.11. The highest BCUT2D eigenvalue weighted by Gasteiger charge is 2.08. The maximum Gasteiger partial charge on any atom is 0.0437 e. The number of benzene rings is 2. The molecule has 0 heterocycles. The molecule has 0 aliphatic carbocycles. The Bertz CT molecular complexity index is 441. The topological polar surface area (TPSA) is 32.3 Å². The highest BCUT2D eigenvalue weighted by molar-refractivity contribution is 7.80. The van der Waals surface area contributed by atoms with Crippen LogP contribution in [0, 0.1) is 0 Å². The molecule has 108 valence electrons. The highest BCUT2D eigenvalue weighted by atomic mass is 32.1. The van der Waals surface area contributed by atoms with Crippen LogP contribution in [-0.4, -0.2) is 25.3 Å². The Kier molecular flexibility index (Phi) is 8.79. The van der Waals surface area contributed by atoms with E-state index in [1.807, 2.05) is 55.6 Å². The van der Waals surface area contributed by atoms with E-state index < -0.39 is 0 Å². The molecule has 0 amide bonds. The van der Waals surface area contributed by atoms with Crippen molar-refractivity contribution in [3.8, 4) is 0 Å². The second kappa shape index (κ2) is 10.5. The number of rotatable bonds is 5. The second-order valence-corrected chi connectivity index (χ2v) is 5.03. The molecule has 2 rings (SSSR count). The zero-order valence-corrected chi connectivity index (χ0v) is 12.8. The summed E-state index contributed by atoms with van der Waals surface area (Å²) in [4.78, 5) is 1.02. The van der Waals surface area contributed by atoms with Gasteiger partial charge in [0.15, 0.2) is 0 Å². The lowest BCUT2D eigenvalue weighted by molar-refractivity contribution is 0.274. The SMILES string of the molecule is CNCC(CCO)c1ccccc1.Sc1ccccc1. The van der Waals surface area contributed by atoms with Crippen molar-refractivity contribution < 1.29 is 5.11 Å². The van der Waals surface area contributed by atoms with E-state index in [1.54, 1.807) is 0 Å². The fourth-order valence-electron chi connectivity index (χ4n) is 1.94. The molecule has 0 aromatic heterocycles. The Morgan fingerprint density at radius 2 is 1.55 bits per heavy atom. The minimum absolute atomic E-state index is 0.251. The van der Waals surface area contributed by atoms with Gasteiger partial charge in [-0.15, -0.1) is 12.6 Å². The van der Waals surface area contributed by atoms with Crippen LogP contribution < -0.4 is 5.32 Å². The van der Waals surface area contributed by atoms with E-state index in [2.05, 4.69) is 30.1 Å². The van der Waals surface area contributed by atoms with Gasteiger partial charge in [0, 0.05) is 18.0 Å². The van der Waals surface area contributed by atoms with Gasteiger partial charge < -0.3 is 10.4 Å². The van der Waals surface area contributed by atoms with Crippen LogP contribution in [0.3, 0.4) is 0 Å². The number of nitrogens with one attached hydrogen (secondary N) is 1. The van der Waals surface area contributed by atoms with Crippen molar-refractivity contribution in [1.82, 2.24) is 5.32 Å². The first-order valence-electron chi connectivity index (χ1n) is 6.82. The predicted octanol–water partition coefficient (Wildman–Crippen LogP) is 3.35. The number of hydrogen-bond donors (Lipinski definition) is 3. The quantitative estimate of drug-likeness (QED) is 0.738. The standard InChI is InChI=1S/C11H17NO.C6H6S/c1-12-9-11(7-8-13)10-5-3-2-4-6-10;7-6-4-2-1-3-5-6/h2-6,11-13H,7-9H2,1H3;1-5,7H. The van der Waals surface area contributed by atoms with Gasteiger partial charge in [0.25, 0.3) is 0 Å². The molecule has 0 fully saturated rings. The van der Waals surface area contributed by atoms with Crippen LogP contribution in [0.2, 0.25) is 0 Å². The zero-order chi connectivity index (χ0) is 14.6. The van der Waals surface area contributed by atoms with E-state index in [0.717, 1.165) is 17.9 Å². The molecule has 2 aromatic carbocycles. The summed E-state index contributed by atoms with van der Waals surface area (Å²) in [5.41, 5.74) is 1.30. The molecule has 2 nitrogen and oxygen atoms in total. The van der Waals surface area contributed by atoms with Gasteiger partial charge in [-0.25, -0.2) is 0 Å². The normalized spacial score (nSPS) is 11.3. The lowest BCUT2D eigenvalue weighted by Crippen LogP contribution is -2.18. The molecule has 2 N–H and O–H groups in total. The minimum atomic E-state index is 0.251. The summed E-state index contributed by atoms with van der Waals surface area (Å²) >= 11 is 4.08. The van der Waals surface area contributed by atoms with Gasteiger partial charge in [-0.3, -0.25) is 0 Å². The van der Waals surface area contributed by atoms with Gasteiger partial charge in [-0.1, -0.05) is 48.5 Å². The zero-order valence-electron chi connectivity index (χ0n) is 11.9. The van der Waals surface area contributed by atoms with Crippen molar-refractivity contribution in [1.29, 1.82) is 0 Å². The molecule has 0 aliphatic heterocycles. The van der Waals surface area contributed by atoms with Crippen molar-refractivity contribution in [2.45, 2.75) is 17.2 Å². The first kappa shape index (κ1) is 16.8. The van der Waals surface area contributed by atoms with Crippen molar-refractivity contribution in [3.63, 3.8) is 0 Å². The molecule has 2 aromatic rings. The average Bonchev–Trinajstić information content (AvgIpc) is 2.49. The molecule has 0 saturated carbocycles. The molecule has 0 aliphatic rings. The van der Waals surface area contributed by atoms with Crippen molar-refractivity contribution in [2.24, 2.45) is 0 Å². The first-order valence-corrected chi connectivity index (χ1v) is 7.27. The minimum Gasteiger partial charge on any atom is -0.396 e. The average molecular weight is 289 g/mol. The second-order valence-electron chi connectivity index (χ2n) is 4.51. The number of aliphatic hydroxyl groups is 1. The van der Waals surface area contributed by atoms with Crippen LogP contribution in [0.5, 0.6) is 0 Å². The molecule has 1 unspecified atom stereocenters. The molecule has 0 spiro atoms. The third-order valence-corrected chi connectivity index (χ3v) is 3.25. The van der Waals surface area contributed by atoms with Gasteiger partial charge in [0.2, 0.25) is 0 Å². The maximum absolute atomic E-state index is 8.90. The number of aliphatic hydroxyl groups excluding tert-OH is 1. The Hall–Kier alpha value is -1.29. The van der Waals surface area contributed by atoms with E-state index in [9.17, 15) is 0 Å². The molecular weight excluding hydrogens is 266 g/mol. The predicted molar refractivity (Wildman–Crippen MR) is 88.5 cm³/mol. The first-order chi connectivity index (χ1) is 9.77. The van der Waals surface area contributed by atoms with Crippen LogP contribution >= 0.6 is 12.6 Å². The summed E-state index contributed by atoms with van der Waals surface area (Å²) < 4.78 is 0. The molecule has 3 heteroatoms. The molecule has 20 heavy (non-hydrogen) atoms. The van der Waals surface area contributed by atoms with Gasteiger partial charge >= 0.3 is 0 Å². The Morgan fingerprint density at radius 1 is 1.00 bits per heavy atom. The molecule has 0 radical (unpaired) electrons. The van der Waals surface area contributed by atoms with E-state index in [1.165, 1.54) is 5.56 Å². The Balaban J connectivity index is 0.000000240. The molecule has 1 atom stereocenters. The third-order valence-electron chi connectivity index (χ3n) is 2.96. The largest absolute Gasteiger partial charge is 0.396 e. The van der Waals surface area contributed by atoms with Crippen molar-refractivity contribution in [2.75, 3.05) is 20.2 Å². The Morgan fingerprint density at radius 3 is 1.95 bits per heavy atom. The van der Waals surface area contributed by atoms with Crippen molar-refractivity contribution in [3.05, 3.63) is 66.2 Å². The summed E-state index contributed by atoms with van der Waals surface area (Å²) in [5.74, 6) is 0.427. The highest BCUT2D eigenvalue weighted by Crippen LogP contribution is 2.17. The van der Waals surface area contributed by atoms with Crippen molar-refractivity contribution >= 4 is 12.6 Å². The van der Waals surface area contributed by atoms with Crippen LogP contribution in [0.25, 0.3) is 0 Å². The lowest BCUT2D eigenvalue weighted by atomic mass is 9.96. The van der Waals surface area contributed by atoms with Gasteiger partial charge in [-0.2, -0.15) is 0 Å². The summed E-state index contributed by atoms with van der Waals surface area (Å²) in [6, 6.07) is 20.1. The third kappa shape index (κ3) is 6.75. The maximum atomic E-state index is 8.90. The summed E-state index contributed by atoms with van der Waals surface area (Å²) in [6.45, 7) is 1.17. The van der Waals surface area contributed by atoms with Crippen LogP contribution in [0.1, 0.15) is 17.9 Å². The van der Waals surface area contributed by atoms with Gasteiger partial charge in [0.05, 0.1) is 0 Å². The van der Waals surface area contributed by atoms with Gasteiger partial charge in [-0.05, 0) is 37.1 Å². The molecule has 0 bridgehead atoms. The molecule has 0 saturated heterocycles. The summed E-state index contributed by atoms with van der Waals surface area (Å²) in [6.07, 6.45) is 0.824. The lowest BCUT2D eigenvalue weighted by Gasteiger charge is -2.15. The fraction of sp³-hybridized carbons (Fsp3) is 0.294. The van der Waals surface area contributed by atoms with Crippen LogP contribution in [0.15, 0.2) is 65.6 Å². The van der Waals surface area contributed by atoms with E-state index in [4.69, 9.17) is 5.11 Å². The number of likely N-dealkylation sites (N-methyl/N-ethyl adjacent to an activating group) is 1. The number of thiol groups is 1. The van der Waals surface area contributed by atoms with E-state index in [-0.39, 0.29) is 6.61 Å². The summed E-state index contributed by atoms with van der Waals surface area (Å²) in [5, 5.41) is 12.0. The van der Waals surface area contributed by atoms with E-state index in [0.29, 0.717) is 5.92 Å². The van der Waals surface area contributed by atoms with Crippen LogP contribution in [0.4, 0.5) is 0 Å².